The van der Waals surface area contributed by atoms with E-state index in [1.807, 2.05) is 0 Å². The Morgan fingerprint density at radius 3 is 2.39 bits per heavy atom. The zero-order chi connectivity index (χ0) is 27.2. The number of halogens is 1. The fourth-order valence-electron chi connectivity index (χ4n) is 3.50. The van der Waals surface area contributed by atoms with Crippen molar-refractivity contribution in [3.63, 3.8) is 0 Å². The number of carbonyl (C=O) groups is 5. The largest absolute Gasteiger partial charge is 0.484 e. The van der Waals surface area contributed by atoms with Gasteiger partial charge in [-0.05, 0) is 72.3 Å². The van der Waals surface area contributed by atoms with Crippen molar-refractivity contribution in [1.29, 1.82) is 0 Å². The van der Waals surface area contributed by atoms with E-state index in [1.54, 1.807) is 18.2 Å². The van der Waals surface area contributed by atoms with Gasteiger partial charge in [0.1, 0.15) is 17.1 Å². The number of nitrogens with one attached hydrogen (secondary N) is 2. The molecule has 38 heavy (non-hydrogen) atoms. The molecule has 1 aliphatic rings. The van der Waals surface area contributed by atoms with E-state index in [9.17, 15) is 28.4 Å². The van der Waals surface area contributed by atoms with Gasteiger partial charge in [0.05, 0.1) is 18.4 Å². The molecule has 0 radical (unpaired) electrons. The highest BCUT2D eigenvalue weighted by Crippen LogP contribution is 2.24. The molecule has 0 unspecified atom stereocenters. The van der Waals surface area contributed by atoms with Crippen LogP contribution in [0.25, 0.3) is 6.08 Å². The number of carbonyl (C=O) groups excluding carboxylic acids is 5. The van der Waals surface area contributed by atoms with Crippen LogP contribution in [0.3, 0.4) is 0 Å². The summed E-state index contributed by atoms with van der Waals surface area (Å²) in [6, 6.07) is 16.1. The number of barbiturate groups is 1. The zero-order valence-electron chi connectivity index (χ0n) is 19.9. The number of benzene rings is 3. The third-order valence-corrected chi connectivity index (χ3v) is 5.32. The monoisotopic (exact) mass is 517 g/mol. The summed E-state index contributed by atoms with van der Waals surface area (Å²) in [5, 5.41) is 4.68. The molecule has 1 aliphatic heterocycles. The maximum Gasteiger partial charge on any atom is 0.337 e. The lowest BCUT2D eigenvalue weighted by atomic mass is 10.1. The van der Waals surface area contributed by atoms with Crippen molar-refractivity contribution in [2.24, 2.45) is 0 Å². The minimum atomic E-state index is -0.938. The summed E-state index contributed by atoms with van der Waals surface area (Å²) in [6.07, 6.45) is 1.28. The maximum atomic E-state index is 13.1. The highest BCUT2D eigenvalue weighted by molar-refractivity contribution is 6.39. The Bertz CT molecular complexity index is 1450. The summed E-state index contributed by atoms with van der Waals surface area (Å²) in [5.41, 5.74) is 0.849. The highest BCUT2D eigenvalue weighted by atomic mass is 19.1. The lowest BCUT2D eigenvalue weighted by Crippen LogP contribution is -2.54. The molecule has 0 saturated carbocycles. The average molecular weight is 517 g/mol. The van der Waals surface area contributed by atoms with E-state index < -0.39 is 35.5 Å². The average Bonchev–Trinajstić information content (AvgIpc) is 2.91. The number of hydrogen-bond donors (Lipinski definition) is 2. The van der Waals surface area contributed by atoms with E-state index in [1.165, 1.54) is 67.8 Å². The Kier molecular flexibility index (Phi) is 7.57. The Hall–Kier alpha value is -5.32. The molecule has 1 heterocycles. The molecule has 11 heteroatoms. The summed E-state index contributed by atoms with van der Waals surface area (Å²) in [5.74, 6) is -2.96. The highest BCUT2D eigenvalue weighted by Gasteiger charge is 2.36. The van der Waals surface area contributed by atoms with Crippen molar-refractivity contribution >= 4 is 47.2 Å². The first-order valence-corrected chi connectivity index (χ1v) is 11.1. The van der Waals surface area contributed by atoms with Crippen LogP contribution in [-0.4, -0.2) is 43.4 Å². The molecule has 0 aromatic heterocycles. The van der Waals surface area contributed by atoms with E-state index in [4.69, 9.17) is 4.74 Å². The number of nitrogens with zero attached hydrogens (tertiary/aromatic N) is 1. The van der Waals surface area contributed by atoms with Gasteiger partial charge in [0, 0.05) is 5.69 Å². The van der Waals surface area contributed by atoms with Crippen LogP contribution in [0, 0.1) is 5.82 Å². The van der Waals surface area contributed by atoms with Gasteiger partial charge in [-0.25, -0.2) is 18.9 Å². The predicted molar refractivity (Wildman–Crippen MR) is 134 cm³/mol. The molecular weight excluding hydrogens is 497 g/mol. The number of urea groups is 1. The van der Waals surface area contributed by atoms with Crippen molar-refractivity contribution in [2.75, 3.05) is 23.9 Å². The number of esters is 1. The first-order valence-electron chi connectivity index (χ1n) is 11.1. The first-order chi connectivity index (χ1) is 18.2. The van der Waals surface area contributed by atoms with Gasteiger partial charge in [0.2, 0.25) is 0 Å². The van der Waals surface area contributed by atoms with Crippen LogP contribution in [0.2, 0.25) is 0 Å². The number of imide groups is 2. The van der Waals surface area contributed by atoms with Crippen molar-refractivity contribution < 1.29 is 37.8 Å². The molecule has 1 saturated heterocycles. The Morgan fingerprint density at radius 2 is 1.71 bits per heavy atom. The van der Waals surface area contributed by atoms with Gasteiger partial charge in [-0.15, -0.1) is 0 Å². The zero-order valence-corrected chi connectivity index (χ0v) is 19.9. The standard InChI is InChI=1S/C27H20FN3O7/c1-37-26(35)17-5-11-20(12-6-17)31-25(34)22(24(33)30-27(31)36)14-16-3-2-4-21(13-16)38-15-23(32)29-19-9-7-18(28)8-10-19/h2-14H,15H2,1H3,(H,29,32)(H,30,33,36)/b22-14-. The second-order valence-electron chi connectivity index (χ2n) is 7.91. The summed E-state index contributed by atoms with van der Waals surface area (Å²) in [6.45, 7) is -0.347. The van der Waals surface area contributed by atoms with E-state index >= 15 is 0 Å². The molecule has 5 amide bonds. The van der Waals surface area contributed by atoms with E-state index in [-0.39, 0.29) is 29.2 Å². The van der Waals surface area contributed by atoms with Gasteiger partial charge in [-0.3, -0.25) is 19.7 Å². The minimum absolute atomic E-state index is 0.141. The van der Waals surface area contributed by atoms with Crippen molar-refractivity contribution in [2.45, 2.75) is 0 Å². The Labute approximate surface area is 215 Å². The molecule has 3 aromatic carbocycles. The van der Waals surface area contributed by atoms with Crippen LogP contribution in [0.4, 0.5) is 20.6 Å². The molecular formula is C27H20FN3O7. The molecule has 1 fully saturated rings. The third kappa shape index (κ3) is 5.90. The fourth-order valence-corrected chi connectivity index (χ4v) is 3.50. The third-order valence-electron chi connectivity index (χ3n) is 5.32. The fraction of sp³-hybridized carbons (Fsp3) is 0.0741. The topological polar surface area (TPSA) is 131 Å². The van der Waals surface area contributed by atoms with Crippen molar-refractivity contribution in [3.8, 4) is 5.75 Å². The molecule has 0 spiro atoms. The second kappa shape index (κ2) is 11.2. The number of amides is 5. The van der Waals surface area contributed by atoms with Crippen LogP contribution in [-0.2, 0) is 19.1 Å². The van der Waals surface area contributed by atoms with Crippen LogP contribution in [0.15, 0.2) is 78.4 Å². The maximum absolute atomic E-state index is 13.1. The van der Waals surface area contributed by atoms with E-state index in [0.29, 0.717) is 11.3 Å². The van der Waals surface area contributed by atoms with Gasteiger partial charge in [-0.2, -0.15) is 0 Å². The number of methoxy groups -OCH3 is 1. The van der Waals surface area contributed by atoms with Gasteiger partial charge < -0.3 is 14.8 Å². The molecule has 10 nitrogen and oxygen atoms in total. The van der Waals surface area contributed by atoms with Gasteiger partial charge in [0.25, 0.3) is 17.7 Å². The lowest BCUT2D eigenvalue weighted by Gasteiger charge is -2.26. The van der Waals surface area contributed by atoms with Crippen LogP contribution in [0.1, 0.15) is 15.9 Å². The lowest BCUT2D eigenvalue weighted by molar-refractivity contribution is -0.122. The van der Waals surface area contributed by atoms with E-state index in [0.717, 1.165) is 4.90 Å². The molecule has 2 N–H and O–H groups in total. The van der Waals surface area contributed by atoms with Gasteiger partial charge >= 0.3 is 12.0 Å². The second-order valence-corrected chi connectivity index (χ2v) is 7.91. The minimum Gasteiger partial charge on any atom is -0.484 e. The van der Waals surface area contributed by atoms with Crippen LogP contribution in [0.5, 0.6) is 5.75 Å². The molecule has 0 bridgehead atoms. The molecule has 0 aliphatic carbocycles. The number of ether oxygens (including phenoxy) is 2. The summed E-state index contributed by atoms with van der Waals surface area (Å²) >= 11 is 0. The normalized spacial score (nSPS) is 14.2. The number of anilines is 2. The summed E-state index contributed by atoms with van der Waals surface area (Å²) in [7, 11) is 1.23. The van der Waals surface area contributed by atoms with Crippen LogP contribution < -0.4 is 20.3 Å². The SMILES string of the molecule is COC(=O)c1ccc(N2C(=O)NC(=O)/C(=C/c3cccc(OCC(=O)Nc4ccc(F)cc4)c3)C2=O)cc1. The Balaban J connectivity index is 1.48. The van der Waals surface area contributed by atoms with E-state index in [2.05, 4.69) is 15.4 Å². The van der Waals surface area contributed by atoms with Crippen LogP contribution >= 0.6 is 0 Å². The quantitative estimate of drug-likeness (QED) is 0.279. The van der Waals surface area contributed by atoms with Crippen molar-refractivity contribution in [3.05, 3.63) is 95.3 Å². The smallest absolute Gasteiger partial charge is 0.337 e. The molecule has 4 rings (SSSR count). The molecule has 3 aromatic rings. The number of hydrogen-bond acceptors (Lipinski definition) is 7. The summed E-state index contributed by atoms with van der Waals surface area (Å²) in [4.78, 5) is 62.5. The number of rotatable bonds is 7. The van der Waals surface area contributed by atoms with Gasteiger partial charge in [0.15, 0.2) is 6.61 Å². The first kappa shape index (κ1) is 25.8. The molecule has 0 atom stereocenters. The Morgan fingerprint density at radius 1 is 1.00 bits per heavy atom. The summed E-state index contributed by atoms with van der Waals surface area (Å²) < 4.78 is 23.1. The molecule has 192 valence electrons. The van der Waals surface area contributed by atoms with Crippen molar-refractivity contribution in [1.82, 2.24) is 5.32 Å². The predicted octanol–water partition coefficient (Wildman–Crippen LogP) is 3.30. The van der Waals surface area contributed by atoms with Gasteiger partial charge in [-0.1, -0.05) is 12.1 Å².